The van der Waals surface area contributed by atoms with E-state index in [9.17, 15) is 9.90 Å². The topological polar surface area (TPSA) is 105 Å². The predicted octanol–water partition coefficient (Wildman–Crippen LogP) is 1.73. The number of ether oxygens (including phenoxy) is 1. The summed E-state index contributed by atoms with van der Waals surface area (Å²) in [6, 6.07) is 15.7. The van der Waals surface area contributed by atoms with Crippen LogP contribution in [0.4, 0.5) is 0 Å². The summed E-state index contributed by atoms with van der Waals surface area (Å²) in [6.45, 7) is 2.39. The number of likely N-dealkylation sites (N-methyl/N-ethyl adjacent to an activating group) is 1. The molecule has 3 aromatic rings. The van der Waals surface area contributed by atoms with Gasteiger partial charge in [-0.3, -0.25) is 9.69 Å². The van der Waals surface area contributed by atoms with Gasteiger partial charge >= 0.3 is 6.01 Å². The minimum absolute atomic E-state index is 0.148. The van der Waals surface area contributed by atoms with Crippen molar-refractivity contribution in [1.29, 1.82) is 0 Å². The van der Waals surface area contributed by atoms with E-state index in [2.05, 4.69) is 14.9 Å². The molecule has 0 bridgehead atoms. The van der Waals surface area contributed by atoms with Crippen LogP contribution >= 0.6 is 0 Å². The number of nitrogens with two attached hydrogens (primary N) is 1. The Balaban J connectivity index is 1.43. The third kappa shape index (κ3) is 5.21. The predicted molar refractivity (Wildman–Crippen MR) is 122 cm³/mol. The maximum absolute atomic E-state index is 13.0. The molecule has 1 aromatic heterocycles. The molecule has 8 heteroatoms. The van der Waals surface area contributed by atoms with Crippen LogP contribution in [0.15, 0.2) is 54.7 Å². The molecule has 3 N–H and O–H groups in total. The zero-order valence-corrected chi connectivity index (χ0v) is 18.2. The van der Waals surface area contributed by atoms with Crippen molar-refractivity contribution in [1.82, 2.24) is 19.8 Å². The largest absolute Gasteiger partial charge is 0.453 e. The zero-order chi connectivity index (χ0) is 22.5. The summed E-state index contributed by atoms with van der Waals surface area (Å²) in [7, 11) is 1.78. The van der Waals surface area contributed by atoms with Gasteiger partial charge in [0.25, 0.3) is 5.91 Å². The van der Waals surface area contributed by atoms with E-state index in [4.69, 9.17) is 10.5 Å². The summed E-state index contributed by atoms with van der Waals surface area (Å²) in [4.78, 5) is 25.5. The summed E-state index contributed by atoms with van der Waals surface area (Å²) in [6.07, 6.45) is 2.13. The molecule has 1 unspecified atom stereocenters. The zero-order valence-electron chi connectivity index (χ0n) is 18.2. The molecular weight excluding hydrogens is 406 g/mol. The number of benzene rings is 2. The monoisotopic (exact) mass is 435 g/mol. The van der Waals surface area contributed by atoms with Gasteiger partial charge in [-0.2, -0.15) is 4.98 Å². The Hall–Kier alpha value is -3.07. The normalized spacial score (nSPS) is 17.4. The average molecular weight is 436 g/mol. The molecule has 0 spiro atoms. The number of amides is 1. The van der Waals surface area contributed by atoms with E-state index in [1.54, 1.807) is 18.1 Å². The number of β-amino-alcohol motifs (C(OH)–C–C–N with tert-alkyl or cyclic N) is 1. The molecular formula is C24H29N5O3. The first kappa shape index (κ1) is 22.1. The van der Waals surface area contributed by atoms with E-state index < -0.39 is 0 Å². The van der Waals surface area contributed by atoms with Crippen LogP contribution in [-0.2, 0) is 11.3 Å². The number of hydrogen-bond donors (Lipinski definition) is 2. The number of carbonyl (C=O) groups excluding carboxylic acids is 1. The third-order valence-corrected chi connectivity index (χ3v) is 5.91. The standard InChI is InChI=1S/C24H29N5O3/c1-28(22(18-5-3-2-4-6-18)15-29-10-9-20(30)14-29)23(31)16-32-24-26-13-19-11-17(12-25)7-8-21(19)27-24/h2-8,11,13,20,22,30H,9-10,12,14-16,25H2,1H3/t20-,22?/m0/s1. The number of hydrogen-bond acceptors (Lipinski definition) is 7. The van der Waals surface area contributed by atoms with Crippen molar-refractivity contribution in [2.24, 2.45) is 5.73 Å². The fourth-order valence-corrected chi connectivity index (χ4v) is 4.01. The molecule has 8 nitrogen and oxygen atoms in total. The van der Waals surface area contributed by atoms with Gasteiger partial charge in [0.05, 0.1) is 17.7 Å². The molecule has 1 fully saturated rings. The van der Waals surface area contributed by atoms with E-state index >= 15 is 0 Å². The quantitative estimate of drug-likeness (QED) is 0.555. The number of carbonyl (C=O) groups is 1. The molecule has 0 aliphatic carbocycles. The summed E-state index contributed by atoms with van der Waals surface area (Å²) >= 11 is 0. The minimum atomic E-state index is -0.304. The lowest BCUT2D eigenvalue weighted by Crippen LogP contribution is -2.41. The molecule has 1 amide bonds. The lowest BCUT2D eigenvalue weighted by Gasteiger charge is -2.32. The van der Waals surface area contributed by atoms with Crippen molar-refractivity contribution < 1.29 is 14.6 Å². The number of nitrogens with zero attached hydrogens (tertiary/aromatic N) is 4. The van der Waals surface area contributed by atoms with Crippen molar-refractivity contribution in [2.75, 3.05) is 33.3 Å². The highest BCUT2D eigenvalue weighted by molar-refractivity contribution is 5.79. The van der Waals surface area contributed by atoms with E-state index in [-0.39, 0.29) is 30.7 Å². The van der Waals surface area contributed by atoms with Gasteiger partial charge in [0.1, 0.15) is 0 Å². The fraction of sp³-hybridized carbons (Fsp3) is 0.375. The highest BCUT2D eigenvalue weighted by Gasteiger charge is 2.28. The van der Waals surface area contributed by atoms with Crippen LogP contribution in [0.1, 0.15) is 23.6 Å². The van der Waals surface area contributed by atoms with Crippen molar-refractivity contribution in [3.8, 4) is 6.01 Å². The number of aromatic nitrogens is 2. The van der Waals surface area contributed by atoms with Gasteiger partial charge in [-0.25, -0.2) is 4.98 Å². The number of likely N-dealkylation sites (tertiary alicyclic amines) is 1. The molecule has 0 saturated carbocycles. The molecule has 2 aromatic carbocycles. The van der Waals surface area contributed by atoms with Gasteiger partial charge in [0, 0.05) is 44.8 Å². The van der Waals surface area contributed by atoms with Gasteiger partial charge in [-0.15, -0.1) is 0 Å². The highest BCUT2D eigenvalue weighted by Crippen LogP contribution is 2.23. The molecule has 2 atom stereocenters. The summed E-state index contributed by atoms with van der Waals surface area (Å²) in [5.74, 6) is -0.166. The van der Waals surface area contributed by atoms with Gasteiger partial charge < -0.3 is 20.5 Å². The van der Waals surface area contributed by atoms with Gasteiger partial charge in [-0.05, 0) is 29.7 Å². The molecule has 2 heterocycles. The van der Waals surface area contributed by atoms with Crippen LogP contribution in [0.2, 0.25) is 0 Å². The molecule has 1 aliphatic rings. The molecule has 0 radical (unpaired) electrons. The van der Waals surface area contributed by atoms with E-state index in [0.29, 0.717) is 19.6 Å². The van der Waals surface area contributed by atoms with Crippen molar-refractivity contribution >= 4 is 16.8 Å². The third-order valence-electron chi connectivity index (χ3n) is 5.91. The summed E-state index contributed by atoms with van der Waals surface area (Å²) in [5.41, 5.74) is 8.47. The second-order valence-electron chi connectivity index (χ2n) is 8.17. The van der Waals surface area contributed by atoms with E-state index in [0.717, 1.165) is 35.0 Å². The average Bonchev–Trinajstić information content (AvgIpc) is 3.25. The molecule has 32 heavy (non-hydrogen) atoms. The highest BCUT2D eigenvalue weighted by atomic mass is 16.5. The first-order valence-corrected chi connectivity index (χ1v) is 10.8. The van der Waals surface area contributed by atoms with Gasteiger partial charge in [0.15, 0.2) is 6.61 Å². The Morgan fingerprint density at radius 2 is 2.12 bits per heavy atom. The van der Waals surface area contributed by atoms with Crippen LogP contribution < -0.4 is 10.5 Å². The Kier molecular flexibility index (Phi) is 6.94. The second-order valence-corrected chi connectivity index (χ2v) is 8.17. The number of aliphatic hydroxyl groups excluding tert-OH is 1. The van der Waals surface area contributed by atoms with Crippen LogP contribution in [0.25, 0.3) is 10.9 Å². The number of fused-ring (bicyclic) bond motifs is 1. The smallest absolute Gasteiger partial charge is 0.317 e. The molecule has 4 rings (SSSR count). The maximum Gasteiger partial charge on any atom is 0.317 e. The SMILES string of the molecule is CN(C(=O)COc1ncc2cc(CN)ccc2n1)C(CN1CC[C@H](O)C1)c1ccccc1. The van der Waals surface area contributed by atoms with Crippen molar-refractivity contribution in [3.63, 3.8) is 0 Å². The number of rotatable bonds is 8. The molecule has 1 saturated heterocycles. The summed E-state index contributed by atoms with van der Waals surface area (Å²) in [5, 5.41) is 10.8. The van der Waals surface area contributed by atoms with E-state index in [1.165, 1.54) is 0 Å². The Labute approximate surface area is 187 Å². The Morgan fingerprint density at radius 1 is 1.31 bits per heavy atom. The van der Waals surface area contributed by atoms with Gasteiger partial charge in [-0.1, -0.05) is 36.4 Å². The summed E-state index contributed by atoms with van der Waals surface area (Å²) < 4.78 is 5.63. The lowest BCUT2D eigenvalue weighted by molar-refractivity contribution is -0.134. The molecule has 168 valence electrons. The Bertz CT molecular complexity index is 1060. The first-order chi connectivity index (χ1) is 15.5. The van der Waals surface area contributed by atoms with E-state index in [1.807, 2.05) is 48.5 Å². The van der Waals surface area contributed by atoms with Gasteiger partial charge in [0.2, 0.25) is 0 Å². The molecule has 1 aliphatic heterocycles. The second kappa shape index (κ2) is 10.0. The Morgan fingerprint density at radius 3 is 2.84 bits per heavy atom. The number of aliphatic hydroxyl groups is 1. The van der Waals surface area contributed by atoms with Crippen LogP contribution in [0.3, 0.4) is 0 Å². The van der Waals surface area contributed by atoms with Crippen LogP contribution in [-0.4, -0.2) is 70.2 Å². The van der Waals surface area contributed by atoms with Crippen molar-refractivity contribution in [2.45, 2.75) is 25.1 Å². The maximum atomic E-state index is 13.0. The van der Waals surface area contributed by atoms with Crippen LogP contribution in [0, 0.1) is 0 Å². The van der Waals surface area contributed by atoms with Crippen LogP contribution in [0.5, 0.6) is 6.01 Å². The lowest BCUT2D eigenvalue weighted by atomic mass is 10.0. The van der Waals surface area contributed by atoms with Crippen molar-refractivity contribution in [3.05, 3.63) is 65.9 Å². The minimum Gasteiger partial charge on any atom is -0.453 e. The fourth-order valence-electron chi connectivity index (χ4n) is 4.01. The first-order valence-electron chi connectivity index (χ1n) is 10.8.